The van der Waals surface area contributed by atoms with E-state index in [0.717, 1.165) is 24.5 Å². The molecule has 1 aliphatic heterocycles. The van der Waals surface area contributed by atoms with Crippen LogP contribution in [0.4, 0.5) is 0 Å². The fourth-order valence-electron chi connectivity index (χ4n) is 2.67. The highest BCUT2D eigenvalue weighted by Crippen LogP contribution is 2.21. The Morgan fingerprint density at radius 1 is 1.25 bits per heavy atom. The first-order valence-electron chi connectivity index (χ1n) is 7.17. The van der Waals surface area contributed by atoms with Gasteiger partial charge in [0.1, 0.15) is 0 Å². The first-order chi connectivity index (χ1) is 9.60. The Balaban J connectivity index is 1.91. The van der Waals surface area contributed by atoms with E-state index in [1.165, 1.54) is 5.56 Å². The van der Waals surface area contributed by atoms with Gasteiger partial charge in [-0.3, -0.25) is 4.90 Å². The molecule has 0 aromatic heterocycles. The number of likely N-dealkylation sites (tertiary alicyclic amines) is 1. The van der Waals surface area contributed by atoms with Crippen molar-refractivity contribution in [3.05, 3.63) is 34.9 Å². The highest BCUT2D eigenvalue weighted by Gasteiger charge is 2.29. The molecular formula is C15H23ClN2O2. The van der Waals surface area contributed by atoms with E-state index < -0.39 is 12.2 Å². The van der Waals surface area contributed by atoms with Crippen molar-refractivity contribution >= 4 is 11.6 Å². The molecule has 5 heteroatoms. The fraction of sp³-hybridized carbons (Fsp3) is 0.600. The zero-order chi connectivity index (χ0) is 14.5. The minimum Gasteiger partial charge on any atom is -0.389 e. The van der Waals surface area contributed by atoms with Crippen LogP contribution in [0.3, 0.4) is 0 Å². The predicted molar refractivity (Wildman–Crippen MR) is 80.9 cm³/mol. The van der Waals surface area contributed by atoms with Crippen LogP contribution < -0.4 is 5.32 Å². The Labute approximate surface area is 125 Å². The second kappa shape index (κ2) is 7.38. The van der Waals surface area contributed by atoms with Gasteiger partial charge in [-0.05, 0) is 30.7 Å². The smallest absolute Gasteiger partial charge is 0.0938 e. The van der Waals surface area contributed by atoms with Crippen molar-refractivity contribution in [2.75, 3.05) is 26.2 Å². The summed E-state index contributed by atoms with van der Waals surface area (Å²) in [4.78, 5) is 2.11. The van der Waals surface area contributed by atoms with E-state index in [9.17, 15) is 10.2 Å². The zero-order valence-corrected chi connectivity index (χ0v) is 12.6. The maximum absolute atomic E-state index is 9.56. The van der Waals surface area contributed by atoms with E-state index in [1.54, 1.807) is 0 Å². The Morgan fingerprint density at radius 2 is 1.85 bits per heavy atom. The molecule has 0 saturated carbocycles. The minimum absolute atomic E-state index is 0.271. The average Bonchev–Trinajstić information content (AvgIpc) is 2.75. The SMILES string of the molecule is CCNC(CCN1CC(O)C(O)C1)c1ccc(Cl)cc1. The van der Waals surface area contributed by atoms with Gasteiger partial charge in [0.15, 0.2) is 0 Å². The van der Waals surface area contributed by atoms with Crippen molar-refractivity contribution in [3.63, 3.8) is 0 Å². The lowest BCUT2D eigenvalue weighted by molar-refractivity contribution is 0.0572. The third kappa shape index (κ3) is 4.17. The number of nitrogens with zero attached hydrogens (tertiary/aromatic N) is 1. The van der Waals surface area contributed by atoms with Crippen LogP contribution in [0.5, 0.6) is 0 Å². The van der Waals surface area contributed by atoms with Gasteiger partial charge in [0.05, 0.1) is 12.2 Å². The highest BCUT2D eigenvalue weighted by atomic mass is 35.5. The molecular weight excluding hydrogens is 276 g/mol. The molecule has 1 fully saturated rings. The quantitative estimate of drug-likeness (QED) is 0.743. The number of aliphatic hydroxyl groups excluding tert-OH is 2. The molecule has 1 heterocycles. The Hall–Kier alpha value is -0.650. The van der Waals surface area contributed by atoms with E-state index in [4.69, 9.17) is 11.6 Å². The molecule has 3 atom stereocenters. The number of halogens is 1. The molecule has 0 amide bonds. The largest absolute Gasteiger partial charge is 0.389 e. The van der Waals surface area contributed by atoms with Crippen molar-refractivity contribution in [3.8, 4) is 0 Å². The van der Waals surface area contributed by atoms with Gasteiger partial charge >= 0.3 is 0 Å². The number of rotatable bonds is 6. The van der Waals surface area contributed by atoms with Gasteiger partial charge in [-0.1, -0.05) is 30.7 Å². The van der Waals surface area contributed by atoms with Crippen LogP contribution in [-0.2, 0) is 0 Å². The number of aliphatic hydroxyl groups is 2. The van der Waals surface area contributed by atoms with Crippen molar-refractivity contribution < 1.29 is 10.2 Å². The van der Waals surface area contributed by atoms with E-state index >= 15 is 0 Å². The summed E-state index contributed by atoms with van der Waals surface area (Å²) < 4.78 is 0. The van der Waals surface area contributed by atoms with Crippen LogP contribution in [0, 0.1) is 0 Å². The predicted octanol–water partition coefficient (Wildman–Crippen LogP) is 1.42. The first-order valence-corrected chi connectivity index (χ1v) is 7.55. The minimum atomic E-state index is -0.608. The van der Waals surface area contributed by atoms with Crippen molar-refractivity contribution in [2.45, 2.75) is 31.6 Å². The average molecular weight is 299 g/mol. The second-order valence-electron chi connectivity index (χ2n) is 5.34. The molecule has 3 unspecified atom stereocenters. The molecule has 0 spiro atoms. The summed E-state index contributed by atoms with van der Waals surface area (Å²) in [5.41, 5.74) is 1.22. The van der Waals surface area contributed by atoms with E-state index in [-0.39, 0.29) is 6.04 Å². The summed E-state index contributed by atoms with van der Waals surface area (Å²) in [7, 11) is 0. The van der Waals surface area contributed by atoms with Crippen molar-refractivity contribution in [2.24, 2.45) is 0 Å². The summed E-state index contributed by atoms with van der Waals surface area (Å²) in [5.74, 6) is 0. The van der Waals surface area contributed by atoms with Crippen LogP contribution in [0.15, 0.2) is 24.3 Å². The molecule has 3 N–H and O–H groups in total. The number of benzene rings is 1. The molecule has 1 aromatic carbocycles. The van der Waals surface area contributed by atoms with Gasteiger partial charge < -0.3 is 15.5 Å². The van der Waals surface area contributed by atoms with Gasteiger partial charge in [0, 0.05) is 30.7 Å². The maximum Gasteiger partial charge on any atom is 0.0938 e. The zero-order valence-electron chi connectivity index (χ0n) is 11.8. The van der Waals surface area contributed by atoms with Gasteiger partial charge in [0.2, 0.25) is 0 Å². The molecule has 1 aliphatic rings. The van der Waals surface area contributed by atoms with Crippen molar-refractivity contribution in [1.29, 1.82) is 0 Å². The molecule has 112 valence electrons. The first kappa shape index (κ1) is 15.7. The van der Waals surface area contributed by atoms with Crippen LogP contribution in [0.2, 0.25) is 5.02 Å². The maximum atomic E-state index is 9.56. The number of β-amino-alcohol motifs (C(OH)–C–C–N with tert-alkyl or cyclic N) is 2. The topological polar surface area (TPSA) is 55.7 Å². The van der Waals surface area contributed by atoms with Crippen LogP contribution in [0.25, 0.3) is 0 Å². The summed E-state index contributed by atoms with van der Waals surface area (Å²) in [5, 5.41) is 23.3. The van der Waals surface area contributed by atoms with E-state index in [0.29, 0.717) is 13.1 Å². The molecule has 0 bridgehead atoms. The summed E-state index contributed by atoms with van der Waals surface area (Å²) >= 11 is 5.92. The third-order valence-corrected chi connectivity index (χ3v) is 4.04. The van der Waals surface area contributed by atoms with Gasteiger partial charge in [-0.15, -0.1) is 0 Å². The molecule has 20 heavy (non-hydrogen) atoms. The number of nitrogens with one attached hydrogen (secondary N) is 1. The van der Waals surface area contributed by atoms with Crippen LogP contribution >= 0.6 is 11.6 Å². The van der Waals surface area contributed by atoms with E-state index in [2.05, 4.69) is 17.1 Å². The Bertz CT molecular complexity index is 403. The number of hydrogen-bond acceptors (Lipinski definition) is 4. The molecule has 4 nitrogen and oxygen atoms in total. The number of hydrogen-bond donors (Lipinski definition) is 3. The highest BCUT2D eigenvalue weighted by molar-refractivity contribution is 6.30. The standard InChI is InChI=1S/C15H23ClN2O2/c1-2-17-13(11-3-5-12(16)6-4-11)7-8-18-9-14(19)15(20)10-18/h3-6,13-15,17,19-20H,2,7-10H2,1H3. The molecule has 1 aromatic rings. The summed E-state index contributed by atoms with van der Waals surface area (Å²) in [6.07, 6.45) is -0.277. The normalized spacial score (nSPS) is 25.0. The Morgan fingerprint density at radius 3 is 2.40 bits per heavy atom. The molecule has 1 saturated heterocycles. The molecule has 2 rings (SSSR count). The third-order valence-electron chi connectivity index (χ3n) is 3.79. The lowest BCUT2D eigenvalue weighted by Gasteiger charge is -2.22. The van der Waals surface area contributed by atoms with Crippen LogP contribution in [-0.4, -0.2) is 53.5 Å². The summed E-state index contributed by atoms with van der Waals surface area (Å²) in [6.45, 7) is 4.96. The lowest BCUT2D eigenvalue weighted by Crippen LogP contribution is -2.29. The van der Waals surface area contributed by atoms with Gasteiger partial charge in [-0.25, -0.2) is 0 Å². The van der Waals surface area contributed by atoms with Gasteiger partial charge in [-0.2, -0.15) is 0 Å². The fourth-order valence-corrected chi connectivity index (χ4v) is 2.80. The molecule has 0 radical (unpaired) electrons. The Kier molecular flexibility index (Phi) is 5.81. The van der Waals surface area contributed by atoms with Crippen molar-refractivity contribution in [1.82, 2.24) is 10.2 Å². The van der Waals surface area contributed by atoms with E-state index in [1.807, 2.05) is 24.3 Å². The van der Waals surface area contributed by atoms with Gasteiger partial charge in [0.25, 0.3) is 0 Å². The monoisotopic (exact) mass is 298 g/mol. The lowest BCUT2D eigenvalue weighted by atomic mass is 10.0. The van der Waals surface area contributed by atoms with Crippen LogP contribution in [0.1, 0.15) is 24.9 Å². The summed E-state index contributed by atoms with van der Waals surface area (Å²) in [6, 6.07) is 8.18. The molecule has 0 aliphatic carbocycles. The second-order valence-corrected chi connectivity index (χ2v) is 5.78.